The number of nitrogens with zero attached hydrogens (tertiary/aromatic N) is 2. The van der Waals surface area contributed by atoms with Gasteiger partial charge in [-0.05, 0) is 40.8 Å². The van der Waals surface area contributed by atoms with Crippen molar-refractivity contribution in [3.63, 3.8) is 0 Å². The van der Waals surface area contributed by atoms with Crippen molar-refractivity contribution in [3.05, 3.63) is 56.4 Å². The number of aliphatic hydroxyl groups excluding tert-OH is 1. The second-order valence-electron chi connectivity index (χ2n) is 3.33. The third-order valence-corrected chi connectivity index (χ3v) is 3.19. The van der Waals surface area contributed by atoms with E-state index in [4.69, 9.17) is 11.6 Å². The molecule has 0 fully saturated rings. The monoisotopic (exact) mass is 364 g/mol. The SMILES string of the molecule is OC(c1ccc(Cl)cn1)c1cc(I)c(F)cn1. The molecule has 17 heavy (non-hydrogen) atoms. The summed E-state index contributed by atoms with van der Waals surface area (Å²) in [5.41, 5.74) is 0.773. The van der Waals surface area contributed by atoms with E-state index in [1.807, 2.05) is 22.6 Å². The molecule has 2 aromatic rings. The largest absolute Gasteiger partial charge is 0.380 e. The molecule has 2 heterocycles. The summed E-state index contributed by atoms with van der Waals surface area (Å²) >= 11 is 7.54. The Kier molecular flexibility index (Phi) is 3.90. The molecule has 3 nitrogen and oxygen atoms in total. The van der Waals surface area contributed by atoms with Crippen LogP contribution in [0.4, 0.5) is 4.39 Å². The van der Waals surface area contributed by atoms with Crippen molar-refractivity contribution < 1.29 is 9.50 Å². The number of hydrogen-bond acceptors (Lipinski definition) is 3. The first kappa shape index (κ1) is 12.7. The standard InChI is InChI=1S/C11H7ClFIN2O/c12-6-1-2-9(15-4-6)11(17)10-3-8(14)7(13)5-16-10/h1-5,11,17H. The molecule has 0 aromatic carbocycles. The van der Waals surface area contributed by atoms with Crippen molar-refractivity contribution in [2.24, 2.45) is 0 Å². The van der Waals surface area contributed by atoms with Gasteiger partial charge in [-0.1, -0.05) is 11.6 Å². The Balaban J connectivity index is 2.33. The lowest BCUT2D eigenvalue weighted by Gasteiger charge is -2.09. The van der Waals surface area contributed by atoms with Crippen LogP contribution >= 0.6 is 34.2 Å². The first-order chi connectivity index (χ1) is 8.08. The third-order valence-electron chi connectivity index (χ3n) is 2.14. The van der Waals surface area contributed by atoms with Crippen LogP contribution in [0, 0.1) is 9.39 Å². The van der Waals surface area contributed by atoms with E-state index in [2.05, 4.69) is 9.97 Å². The molecule has 6 heteroatoms. The molecular formula is C11H7ClFIN2O. The van der Waals surface area contributed by atoms with E-state index in [1.54, 1.807) is 12.1 Å². The topological polar surface area (TPSA) is 46.0 Å². The number of rotatable bonds is 2. The van der Waals surface area contributed by atoms with Crippen LogP contribution in [0.15, 0.2) is 30.6 Å². The van der Waals surface area contributed by atoms with Crippen molar-refractivity contribution in [3.8, 4) is 0 Å². The van der Waals surface area contributed by atoms with Crippen LogP contribution < -0.4 is 0 Å². The van der Waals surface area contributed by atoms with Gasteiger partial charge in [0.25, 0.3) is 0 Å². The molecule has 0 aliphatic carbocycles. The molecule has 0 amide bonds. The van der Waals surface area contributed by atoms with Crippen molar-refractivity contribution in [2.45, 2.75) is 6.10 Å². The first-order valence-corrected chi connectivity index (χ1v) is 6.14. The predicted octanol–water partition coefficient (Wildman–Crippen LogP) is 2.96. The number of pyridine rings is 2. The molecule has 1 N–H and O–H groups in total. The fraction of sp³-hybridized carbons (Fsp3) is 0.0909. The Bertz CT molecular complexity index is 535. The van der Waals surface area contributed by atoms with Crippen molar-refractivity contribution in [2.75, 3.05) is 0 Å². The molecule has 2 rings (SSSR count). The van der Waals surface area contributed by atoms with Crippen molar-refractivity contribution in [1.82, 2.24) is 9.97 Å². The van der Waals surface area contributed by atoms with E-state index in [9.17, 15) is 9.50 Å². The van der Waals surface area contributed by atoms with E-state index in [0.717, 1.165) is 6.20 Å². The Morgan fingerprint density at radius 2 is 1.94 bits per heavy atom. The summed E-state index contributed by atoms with van der Waals surface area (Å²) in [7, 11) is 0. The molecule has 1 atom stereocenters. The highest BCUT2D eigenvalue weighted by Gasteiger charge is 2.14. The van der Waals surface area contributed by atoms with Crippen molar-refractivity contribution in [1.29, 1.82) is 0 Å². The molecule has 0 aliphatic rings. The van der Waals surface area contributed by atoms with Gasteiger partial charge in [-0.2, -0.15) is 0 Å². The quantitative estimate of drug-likeness (QED) is 0.834. The summed E-state index contributed by atoms with van der Waals surface area (Å²) < 4.78 is 13.4. The Labute approximate surface area is 116 Å². The van der Waals surface area contributed by atoms with E-state index in [1.165, 1.54) is 12.3 Å². The lowest BCUT2D eigenvalue weighted by Crippen LogP contribution is -2.05. The first-order valence-electron chi connectivity index (χ1n) is 4.68. The summed E-state index contributed by atoms with van der Waals surface area (Å²) in [6.45, 7) is 0. The zero-order chi connectivity index (χ0) is 12.4. The van der Waals surface area contributed by atoms with Gasteiger partial charge < -0.3 is 5.11 Å². The second-order valence-corrected chi connectivity index (χ2v) is 4.93. The van der Waals surface area contributed by atoms with E-state index in [-0.39, 0.29) is 0 Å². The normalized spacial score (nSPS) is 12.5. The Morgan fingerprint density at radius 3 is 2.53 bits per heavy atom. The predicted molar refractivity (Wildman–Crippen MR) is 70.2 cm³/mol. The number of aromatic nitrogens is 2. The van der Waals surface area contributed by atoms with E-state index in [0.29, 0.717) is 20.0 Å². The average molecular weight is 365 g/mol. The average Bonchev–Trinajstić information content (AvgIpc) is 2.33. The van der Waals surface area contributed by atoms with Crippen LogP contribution in [0.1, 0.15) is 17.5 Å². The van der Waals surface area contributed by atoms with Crippen LogP contribution in [0.25, 0.3) is 0 Å². The highest BCUT2D eigenvalue weighted by molar-refractivity contribution is 14.1. The zero-order valence-corrected chi connectivity index (χ0v) is 11.4. The Hall–Kier alpha value is -0.790. The summed E-state index contributed by atoms with van der Waals surface area (Å²) in [4.78, 5) is 7.82. The minimum Gasteiger partial charge on any atom is -0.380 e. The maximum absolute atomic E-state index is 13.0. The molecule has 0 saturated heterocycles. The molecule has 0 aliphatic heterocycles. The molecular weight excluding hydrogens is 357 g/mol. The fourth-order valence-corrected chi connectivity index (χ4v) is 1.85. The lowest BCUT2D eigenvalue weighted by atomic mass is 10.1. The summed E-state index contributed by atoms with van der Waals surface area (Å²) in [6, 6.07) is 4.71. The fourth-order valence-electron chi connectivity index (χ4n) is 1.28. The van der Waals surface area contributed by atoms with Gasteiger partial charge in [0.2, 0.25) is 0 Å². The van der Waals surface area contributed by atoms with Gasteiger partial charge in [0.1, 0.15) is 6.10 Å². The zero-order valence-electron chi connectivity index (χ0n) is 8.44. The smallest absolute Gasteiger partial charge is 0.154 e. The van der Waals surface area contributed by atoms with Crippen LogP contribution in [0.2, 0.25) is 5.02 Å². The van der Waals surface area contributed by atoms with Crippen LogP contribution in [-0.2, 0) is 0 Å². The van der Waals surface area contributed by atoms with Crippen molar-refractivity contribution >= 4 is 34.2 Å². The molecule has 0 radical (unpaired) electrons. The lowest BCUT2D eigenvalue weighted by molar-refractivity contribution is 0.210. The van der Waals surface area contributed by atoms with Crippen LogP contribution in [0.5, 0.6) is 0 Å². The summed E-state index contributed by atoms with van der Waals surface area (Å²) in [6.07, 6.45) is 1.53. The maximum Gasteiger partial charge on any atom is 0.154 e. The molecule has 0 bridgehead atoms. The molecule has 0 spiro atoms. The molecule has 1 unspecified atom stereocenters. The Morgan fingerprint density at radius 1 is 1.24 bits per heavy atom. The van der Waals surface area contributed by atoms with Gasteiger partial charge in [-0.25, -0.2) is 4.39 Å². The summed E-state index contributed by atoms with van der Waals surface area (Å²) in [5, 5.41) is 10.5. The van der Waals surface area contributed by atoms with Gasteiger partial charge in [0, 0.05) is 6.20 Å². The van der Waals surface area contributed by atoms with Gasteiger partial charge in [-0.15, -0.1) is 0 Å². The van der Waals surface area contributed by atoms with Gasteiger partial charge in [-0.3, -0.25) is 9.97 Å². The van der Waals surface area contributed by atoms with E-state index >= 15 is 0 Å². The number of aliphatic hydroxyl groups is 1. The third kappa shape index (κ3) is 2.91. The minimum atomic E-state index is -0.985. The molecule has 88 valence electrons. The highest BCUT2D eigenvalue weighted by Crippen LogP contribution is 2.21. The maximum atomic E-state index is 13.0. The van der Waals surface area contributed by atoms with Gasteiger partial charge in [0.05, 0.1) is 26.2 Å². The minimum absolute atomic E-state index is 0.352. The summed E-state index contributed by atoms with van der Waals surface area (Å²) in [5.74, 6) is -0.411. The van der Waals surface area contributed by atoms with Crippen LogP contribution in [-0.4, -0.2) is 15.1 Å². The number of halogens is 3. The number of hydrogen-bond donors (Lipinski definition) is 1. The van der Waals surface area contributed by atoms with Crippen LogP contribution in [0.3, 0.4) is 0 Å². The molecule has 0 saturated carbocycles. The second kappa shape index (κ2) is 5.24. The van der Waals surface area contributed by atoms with Gasteiger partial charge >= 0.3 is 0 Å². The van der Waals surface area contributed by atoms with Gasteiger partial charge in [0.15, 0.2) is 5.82 Å². The molecule has 2 aromatic heterocycles. The highest BCUT2D eigenvalue weighted by atomic mass is 127. The van der Waals surface area contributed by atoms with E-state index < -0.39 is 11.9 Å².